The molecule has 0 saturated carbocycles. The third kappa shape index (κ3) is 6.74. The van der Waals surface area contributed by atoms with Crippen molar-refractivity contribution >= 4 is 42.5 Å². The number of esters is 1. The SMILES string of the molecule is COC(=O)CCO[Si](Nc1ccnc(NC(C)=O)n1)(c1ccccc1)c1ccc(C(C)(C)C)cc1. The fourth-order valence-corrected chi connectivity index (χ4v) is 6.84. The van der Waals surface area contributed by atoms with E-state index in [0.717, 1.165) is 10.4 Å². The minimum absolute atomic E-state index is 0.00538. The number of methoxy groups -OCH3 is 1. The zero-order valence-electron chi connectivity index (χ0n) is 20.8. The summed E-state index contributed by atoms with van der Waals surface area (Å²) in [6.45, 7) is 8.06. The Kier molecular flexibility index (Phi) is 8.37. The highest BCUT2D eigenvalue weighted by atomic mass is 28.4. The minimum Gasteiger partial charge on any atom is -0.469 e. The molecule has 3 aromatic rings. The van der Waals surface area contributed by atoms with Gasteiger partial charge >= 0.3 is 14.4 Å². The van der Waals surface area contributed by atoms with Crippen LogP contribution in [0.25, 0.3) is 0 Å². The van der Waals surface area contributed by atoms with Crippen LogP contribution in [0.15, 0.2) is 66.9 Å². The average Bonchev–Trinajstić information content (AvgIpc) is 2.83. The van der Waals surface area contributed by atoms with E-state index >= 15 is 0 Å². The first-order valence-corrected chi connectivity index (χ1v) is 13.3. The van der Waals surface area contributed by atoms with Crippen LogP contribution in [0.4, 0.5) is 11.8 Å². The summed E-state index contributed by atoms with van der Waals surface area (Å²) in [6.07, 6.45) is 1.68. The van der Waals surface area contributed by atoms with Crippen molar-refractivity contribution in [2.45, 2.75) is 39.5 Å². The molecule has 0 spiro atoms. The van der Waals surface area contributed by atoms with E-state index in [-0.39, 0.29) is 36.3 Å². The Balaban J connectivity index is 2.12. The summed E-state index contributed by atoms with van der Waals surface area (Å²) in [5.74, 6) is 0.0770. The van der Waals surface area contributed by atoms with Crippen molar-refractivity contribution in [3.05, 3.63) is 72.4 Å². The lowest BCUT2D eigenvalue weighted by atomic mass is 9.87. The van der Waals surface area contributed by atoms with Crippen molar-refractivity contribution in [2.75, 3.05) is 24.0 Å². The van der Waals surface area contributed by atoms with Gasteiger partial charge in [0.1, 0.15) is 5.82 Å². The van der Waals surface area contributed by atoms with Gasteiger partial charge in [-0.2, -0.15) is 4.98 Å². The number of aromatic nitrogens is 2. The summed E-state index contributed by atoms with van der Waals surface area (Å²) in [6, 6.07) is 19.9. The Labute approximate surface area is 207 Å². The third-order valence-electron chi connectivity index (χ3n) is 5.44. The second-order valence-corrected chi connectivity index (χ2v) is 12.2. The van der Waals surface area contributed by atoms with E-state index in [4.69, 9.17) is 9.16 Å². The molecule has 9 heteroatoms. The van der Waals surface area contributed by atoms with Crippen LogP contribution in [-0.4, -0.2) is 44.0 Å². The quantitative estimate of drug-likeness (QED) is 0.350. The number of ether oxygens (including phenoxy) is 1. The predicted octanol–water partition coefficient (Wildman–Crippen LogP) is 2.98. The maximum atomic E-state index is 11.9. The van der Waals surface area contributed by atoms with Gasteiger partial charge in [-0.05, 0) is 27.4 Å². The fourth-order valence-electron chi connectivity index (χ4n) is 3.61. The maximum Gasteiger partial charge on any atom is 0.367 e. The second-order valence-electron chi connectivity index (χ2n) is 9.12. The highest BCUT2D eigenvalue weighted by molar-refractivity contribution is 6.99. The molecule has 184 valence electrons. The Morgan fingerprint density at radius 2 is 1.63 bits per heavy atom. The number of nitrogens with zero attached hydrogens (tertiary/aromatic N) is 2. The number of anilines is 2. The number of amides is 1. The lowest BCUT2D eigenvalue weighted by molar-refractivity contribution is -0.141. The number of carbonyl (C=O) groups excluding carboxylic acids is 2. The van der Waals surface area contributed by atoms with Crippen LogP contribution in [-0.2, 0) is 24.2 Å². The molecule has 0 aliphatic rings. The molecule has 1 unspecified atom stereocenters. The first-order chi connectivity index (χ1) is 16.6. The largest absolute Gasteiger partial charge is 0.469 e. The van der Waals surface area contributed by atoms with E-state index in [9.17, 15) is 9.59 Å². The van der Waals surface area contributed by atoms with Crippen LogP contribution in [0.1, 0.15) is 39.7 Å². The van der Waals surface area contributed by atoms with Crippen molar-refractivity contribution in [3.63, 3.8) is 0 Å². The molecule has 0 aliphatic heterocycles. The molecule has 8 nitrogen and oxygen atoms in total. The standard InChI is InChI=1S/C26H32N4O4Si/c1-19(31)28-25-27-17-15-23(29-25)30-35(21-9-7-6-8-10-21,34-18-16-24(32)33-5)22-13-11-20(12-14-22)26(2,3)4/h6-15,17H,16,18H2,1-5H3,(H2,27,28,29,30,31). The monoisotopic (exact) mass is 492 g/mol. The highest BCUT2D eigenvalue weighted by Crippen LogP contribution is 2.22. The van der Waals surface area contributed by atoms with Gasteiger partial charge < -0.3 is 14.1 Å². The van der Waals surface area contributed by atoms with Crippen molar-refractivity contribution in [1.82, 2.24) is 9.97 Å². The minimum atomic E-state index is -3.17. The van der Waals surface area contributed by atoms with Gasteiger partial charge in [0.15, 0.2) is 0 Å². The van der Waals surface area contributed by atoms with Crippen LogP contribution < -0.4 is 20.7 Å². The topological polar surface area (TPSA) is 102 Å². The van der Waals surface area contributed by atoms with Gasteiger partial charge in [-0.3, -0.25) is 14.9 Å². The van der Waals surface area contributed by atoms with Gasteiger partial charge in [0, 0.05) is 19.7 Å². The van der Waals surface area contributed by atoms with Crippen molar-refractivity contribution in [2.24, 2.45) is 0 Å². The van der Waals surface area contributed by atoms with Gasteiger partial charge in [0.05, 0.1) is 13.5 Å². The average molecular weight is 493 g/mol. The summed E-state index contributed by atoms with van der Waals surface area (Å²) in [5, 5.41) is 4.52. The molecule has 0 saturated heterocycles. The van der Waals surface area contributed by atoms with E-state index in [0.29, 0.717) is 5.82 Å². The molecule has 1 amide bonds. The summed E-state index contributed by atoms with van der Waals surface area (Å²) >= 11 is 0. The molecule has 2 aromatic carbocycles. The predicted molar refractivity (Wildman–Crippen MR) is 139 cm³/mol. The smallest absolute Gasteiger partial charge is 0.367 e. The first kappa shape index (κ1) is 26.0. The Morgan fingerprint density at radius 1 is 0.971 bits per heavy atom. The Bertz CT molecular complexity index is 1150. The van der Waals surface area contributed by atoms with E-state index < -0.39 is 8.48 Å². The Hall–Kier alpha value is -3.56. The van der Waals surface area contributed by atoms with Crippen molar-refractivity contribution in [3.8, 4) is 0 Å². The van der Waals surface area contributed by atoms with Gasteiger partial charge in [-0.1, -0.05) is 75.4 Å². The lowest BCUT2D eigenvalue weighted by Crippen LogP contribution is -2.67. The molecule has 35 heavy (non-hydrogen) atoms. The molecule has 1 aromatic heterocycles. The van der Waals surface area contributed by atoms with Crippen LogP contribution >= 0.6 is 0 Å². The van der Waals surface area contributed by atoms with E-state index in [1.54, 1.807) is 12.3 Å². The highest BCUT2D eigenvalue weighted by Gasteiger charge is 2.42. The molecule has 2 N–H and O–H groups in total. The molecular formula is C26H32N4O4Si. The number of rotatable bonds is 9. The van der Waals surface area contributed by atoms with Crippen LogP contribution in [0, 0.1) is 0 Å². The number of benzene rings is 2. The zero-order valence-corrected chi connectivity index (χ0v) is 21.8. The first-order valence-electron chi connectivity index (χ1n) is 11.4. The molecule has 3 rings (SSSR count). The molecule has 0 radical (unpaired) electrons. The molecule has 0 aliphatic carbocycles. The number of carbonyl (C=O) groups is 2. The molecule has 0 bridgehead atoms. The van der Waals surface area contributed by atoms with Crippen molar-refractivity contribution < 1.29 is 18.8 Å². The summed E-state index contributed by atoms with van der Waals surface area (Å²) in [7, 11) is -1.81. The van der Waals surface area contributed by atoms with Gasteiger partial charge in [-0.15, -0.1) is 0 Å². The number of nitrogens with one attached hydrogen (secondary N) is 2. The second kappa shape index (κ2) is 11.2. The van der Waals surface area contributed by atoms with Gasteiger partial charge in [0.2, 0.25) is 11.9 Å². The van der Waals surface area contributed by atoms with E-state index in [1.807, 2.05) is 30.3 Å². The van der Waals surface area contributed by atoms with Crippen LogP contribution in [0.2, 0.25) is 0 Å². The van der Waals surface area contributed by atoms with Crippen LogP contribution in [0.3, 0.4) is 0 Å². The number of hydrogen-bond donors (Lipinski definition) is 2. The maximum absolute atomic E-state index is 11.9. The summed E-state index contributed by atoms with van der Waals surface area (Å²) in [4.78, 5) is 35.5. The molecular weight excluding hydrogens is 460 g/mol. The van der Waals surface area contributed by atoms with Gasteiger partial charge in [-0.25, -0.2) is 4.98 Å². The summed E-state index contributed by atoms with van der Waals surface area (Å²) in [5.41, 5.74) is 1.19. The van der Waals surface area contributed by atoms with Crippen molar-refractivity contribution in [1.29, 1.82) is 0 Å². The molecule has 1 heterocycles. The van der Waals surface area contributed by atoms with Crippen LogP contribution in [0.5, 0.6) is 0 Å². The fraction of sp³-hybridized carbons (Fsp3) is 0.308. The zero-order chi connectivity index (χ0) is 25.5. The Morgan fingerprint density at radius 3 is 2.23 bits per heavy atom. The third-order valence-corrected chi connectivity index (χ3v) is 8.98. The normalized spacial score (nSPS) is 12.9. The summed E-state index contributed by atoms with van der Waals surface area (Å²) < 4.78 is 11.4. The van der Waals surface area contributed by atoms with Gasteiger partial charge in [0.25, 0.3) is 0 Å². The molecule has 1 atom stereocenters. The van der Waals surface area contributed by atoms with E-state index in [1.165, 1.54) is 19.6 Å². The van der Waals surface area contributed by atoms with E-state index in [2.05, 4.69) is 65.3 Å². The lowest BCUT2D eigenvalue weighted by Gasteiger charge is -2.33. The number of hydrogen-bond acceptors (Lipinski definition) is 7. The molecule has 0 fully saturated rings.